The van der Waals surface area contributed by atoms with Crippen molar-refractivity contribution in [3.05, 3.63) is 82.4 Å². The molecule has 1 saturated carbocycles. The third kappa shape index (κ3) is 4.30. The first-order valence-electron chi connectivity index (χ1n) is 10.1. The first-order valence-corrected chi connectivity index (χ1v) is 11.3. The van der Waals surface area contributed by atoms with Crippen molar-refractivity contribution in [2.45, 2.75) is 18.9 Å². The van der Waals surface area contributed by atoms with Crippen molar-refractivity contribution in [2.24, 2.45) is 0 Å². The number of anilines is 1. The van der Waals surface area contributed by atoms with Crippen LogP contribution in [0.15, 0.2) is 71.3 Å². The summed E-state index contributed by atoms with van der Waals surface area (Å²) < 4.78 is 5.47. The number of nitrogens with one attached hydrogen (secondary N) is 2. The van der Waals surface area contributed by atoms with E-state index in [0.29, 0.717) is 32.6 Å². The number of halogens is 1. The summed E-state index contributed by atoms with van der Waals surface area (Å²) in [5.41, 5.74) is 2.29. The Bertz CT molecular complexity index is 1280. The molecule has 0 atom stereocenters. The van der Waals surface area contributed by atoms with Gasteiger partial charge in [0.1, 0.15) is 4.88 Å². The van der Waals surface area contributed by atoms with Gasteiger partial charge in [-0.15, -0.1) is 11.3 Å². The molecule has 0 unspecified atom stereocenters. The van der Waals surface area contributed by atoms with Crippen molar-refractivity contribution in [1.29, 1.82) is 0 Å². The molecule has 6 nitrogen and oxygen atoms in total. The lowest BCUT2D eigenvalue weighted by Crippen LogP contribution is -2.25. The number of hydrogen-bond acceptors (Lipinski definition) is 5. The predicted octanol–water partition coefficient (Wildman–Crippen LogP) is 5.87. The largest absolute Gasteiger partial charge is 0.462 e. The molecule has 1 aliphatic rings. The Hall–Kier alpha value is -3.42. The van der Waals surface area contributed by atoms with E-state index in [1.165, 1.54) is 11.3 Å². The third-order valence-electron chi connectivity index (χ3n) is 5.00. The molecule has 0 aliphatic heterocycles. The van der Waals surface area contributed by atoms with Crippen LogP contribution in [-0.4, -0.2) is 22.8 Å². The zero-order valence-corrected chi connectivity index (χ0v) is 18.4. The predicted molar refractivity (Wildman–Crippen MR) is 125 cm³/mol. The minimum atomic E-state index is -0.314. The van der Waals surface area contributed by atoms with Gasteiger partial charge in [-0.3, -0.25) is 9.59 Å². The number of aromatic nitrogens is 1. The van der Waals surface area contributed by atoms with E-state index in [1.54, 1.807) is 36.6 Å². The van der Waals surface area contributed by atoms with Crippen LogP contribution in [0.1, 0.15) is 32.9 Å². The Balaban J connectivity index is 1.42. The second-order valence-corrected chi connectivity index (χ2v) is 8.84. The molecular weight excluding hydrogens is 446 g/mol. The van der Waals surface area contributed by atoms with Crippen LogP contribution in [0.3, 0.4) is 0 Å². The van der Waals surface area contributed by atoms with E-state index in [0.717, 1.165) is 18.4 Å². The van der Waals surface area contributed by atoms with Gasteiger partial charge in [0.05, 0.1) is 22.5 Å². The summed E-state index contributed by atoms with van der Waals surface area (Å²) >= 11 is 7.57. The van der Waals surface area contributed by atoms with E-state index in [4.69, 9.17) is 16.0 Å². The number of furan rings is 1. The number of amides is 2. The lowest BCUT2D eigenvalue weighted by Gasteiger charge is -2.09. The Morgan fingerprint density at radius 2 is 1.84 bits per heavy atom. The average molecular weight is 464 g/mol. The fourth-order valence-corrected chi connectivity index (χ4v) is 4.44. The minimum Gasteiger partial charge on any atom is -0.462 e. The van der Waals surface area contributed by atoms with E-state index in [2.05, 4.69) is 15.6 Å². The molecule has 8 heteroatoms. The summed E-state index contributed by atoms with van der Waals surface area (Å²) in [7, 11) is 0. The maximum Gasteiger partial charge on any atom is 0.268 e. The lowest BCUT2D eigenvalue weighted by molar-refractivity contribution is 0.0950. The van der Waals surface area contributed by atoms with Crippen molar-refractivity contribution in [3.63, 3.8) is 0 Å². The quantitative estimate of drug-likeness (QED) is 0.374. The second-order valence-electron chi connectivity index (χ2n) is 7.44. The lowest BCUT2D eigenvalue weighted by atomic mass is 10.1. The topological polar surface area (TPSA) is 84.2 Å². The molecule has 2 heterocycles. The monoisotopic (exact) mass is 463 g/mol. The van der Waals surface area contributed by atoms with Crippen LogP contribution in [0.4, 0.5) is 5.69 Å². The Morgan fingerprint density at radius 1 is 1.03 bits per heavy atom. The molecule has 4 aromatic rings. The van der Waals surface area contributed by atoms with Gasteiger partial charge in [0.25, 0.3) is 11.8 Å². The van der Waals surface area contributed by atoms with Crippen molar-refractivity contribution in [3.8, 4) is 22.0 Å². The van der Waals surface area contributed by atoms with Crippen molar-refractivity contribution < 1.29 is 14.0 Å². The third-order valence-corrected chi connectivity index (χ3v) is 6.38. The fraction of sp³-hybridized carbons (Fsp3) is 0.125. The van der Waals surface area contributed by atoms with Gasteiger partial charge in [-0.1, -0.05) is 41.9 Å². The number of benzene rings is 2. The smallest absolute Gasteiger partial charge is 0.268 e. The Labute approximate surface area is 193 Å². The summed E-state index contributed by atoms with van der Waals surface area (Å²) in [5, 5.41) is 6.68. The summed E-state index contributed by atoms with van der Waals surface area (Å²) in [6.45, 7) is 0. The second kappa shape index (κ2) is 8.61. The van der Waals surface area contributed by atoms with Gasteiger partial charge in [0, 0.05) is 17.3 Å². The molecule has 0 radical (unpaired) electrons. The summed E-state index contributed by atoms with van der Waals surface area (Å²) in [4.78, 5) is 30.6. The highest BCUT2D eigenvalue weighted by Gasteiger charge is 2.25. The number of hydrogen-bond donors (Lipinski definition) is 2. The zero-order chi connectivity index (χ0) is 22.1. The van der Waals surface area contributed by atoms with Crippen LogP contribution in [0, 0.1) is 0 Å². The van der Waals surface area contributed by atoms with Gasteiger partial charge in [0.15, 0.2) is 10.8 Å². The number of thiazole rings is 1. The first-order chi connectivity index (χ1) is 15.6. The Kier molecular flexibility index (Phi) is 5.51. The standard InChI is InChI=1S/C24H18ClN3O3S/c25-18-13-16(10-11-17(18)22(29)26-15-8-9-15)27-23(30)21-20(14-5-2-1-3-6-14)28-24(32-21)19-7-4-12-31-19/h1-7,10-13,15H,8-9H2,(H,26,29)(H,27,30). The van der Waals surface area contributed by atoms with Gasteiger partial charge >= 0.3 is 0 Å². The molecule has 1 fully saturated rings. The molecule has 0 spiro atoms. The minimum absolute atomic E-state index is 0.202. The maximum atomic E-state index is 13.2. The highest BCUT2D eigenvalue weighted by molar-refractivity contribution is 7.17. The first kappa shape index (κ1) is 20.5. The van der Waals surface area contributed by atoms with Crippen LogP contribution in [0.2, 0.25) is 5.02 Å². The summed E-state index contributed by atoms with van der Waals surface area (Å²) in [6, 6.07) is 18.2. The van der Waals surface area contributed by atoms with Crippen molar-refractivity contribution >= 4 is 40.4 Å². The van der Waals surface area contributed by atoms with Gasteiger partial charge < -0.3 is 15.1 Å². The van der Waals surface area contributed by atoms with Crippen LogP contribution in [-0.2, 0) is 0 Å². The highest BCUT2D eigenvalue weighted by atomic mass is 35.5. The number of nitrogens with zero attached hydrogens (tertiary/aromatic N) is 1. The van der Waals surface area contributed by atoms with Gasteiger partial charge in [-0.05, 0) is 43.2 Å². The molecule has 0 saturated heterocycles. The average Bonchev–Trinajstić information content (AvgIpc) is 3.27. The van der Waals surface area contributed by atoms with Crippen LogP contribution >= 0.6 is 22.9 Å². The van der Waals surface area contributed by atoms with E-state index in [-0.39, 0.29) is 22.9 Å². The SMILES string of the molecule is O=C(NC1CC1)c1ccc(NC(=O)c2sc(-c3ccco3)nc2-c2ccccc2)cc1Cl. The number of carbonyl (C=O) groups is 2. The molecule has 32 heavy (non-hydrogen) atoms. The zero-order valence-electron chi connectivity index (χ0n) is 16.8. The molecule has 2 aromatic carbocycles. The van der Waals surface area contributed by atoms with Crippen LogP contribution < -0.4 is 10.6 Å². The van der Waals surface area contributed by atoms with Gasteiger partial charge in [-0.2, -0.15) is 0 Å². The van der Waals surface area contributed by atoms with E-state index in [9.17, 15) is 9.59 Å². The van der Waals surface area contributed by atoms with Crippen molar-refractivity contribution in [2.75, 3.05) is 5.32 Å². The van der Waals surface area contributed by atoms with Gasteiger partial charge in [-0.25, -0.2) is 4.98 Å². The Morgan fingerprint density at radius 3 is 2.53 bits per heavy atom. The number of rotatable bonds is 6. The van der Waals surface area contributed by atoms with Crippen molar-refractivity contribution in [1.82, 2.24) is 10.3 Å². The molecular formula is C24H18ClN3O3S. The van der Waals surface area contributed by atoms with E-state index >= 15 is 0 Å². The molecule has 2 amide bonds. The molecule has 160 valence electrons. The highest BCUT2D eigenvalue weighted by Crippen LogP contribution is 2.35. The molecule has 2 aromatic heterocycles. The molecule has 5 rings (SSSR count). The van der Waals surface area contributed by atoms with E-state index < -0.39 is 0 Å². The molecule has 0 bridgehead atoms. The van der Waals surface area contributed by atoms with Crippen LogP contribution in [0.5, 0.6) is 0 Å². The normalized spacial score (nSPS) is 13.0. The molecule has 2 N–H and O–H groups in total. The van der Waals surface area contributed by atoms with E-state index in [1.807, 2.05) is 30.3 Å². The summed E-state index contributed by atoms with van der Waals surface area (Å²) in [5.74, 6) is 0.0815. The number of carbonyl (C=O) groups excluding carboxylic acids is 2. The fourth-order valence-electron chi connectivity index (χ4n) is 3.23. The maximum absolute atomic E-state index is 13.2. The molecule has 1 aliphatic carbocycles. The van der Waals surface area contributed by atoms with Crippen LogP contribution in [0.25, 0.3) is 22.0 Å². The van der Waals surface area contributed by atoms with Gasteiger partial charge in [0.2, 0.25) is 0 Å². The summed E-state index contributed by atoms with van der Waals surface area (Å²) in [6.07, 6.45) is 3.56.